The van der Waals surface area contributed by atoms with E-state index in [1.807, 2.05) is 13.0 Å². The summed E-state index contributed by atoms with van der Waals surface area (Å²) in [5.74, 6) is 0.167. The lowest BCUT2D eigenvalue weighted by atomic mass is 9.99. The number of hydroxylamine groups is 1. The molecule has 8 heteroatoms. The number of hydrogen-bond donors (Lipinski definition) is 2. The van der Waals surface area contributed by atoms with Gasteiger partial charge in [0.2, 0.25) is 0 Å². The Bertz CT molecular complexity index is 1330. The van der Waals surface area contributed by atoms with Crippen molar-refractivity contribution in [2.24, 2.45) is 0 Å². The lowest BCUT2D eigenvalue weighted by molar-refractivity contribution is 0.0706. The van der Waals surface area contributed by atoms with E-state index in [1.54, 1.807) is 34.2 Å². The SMILES string of the molecule is CCOc1cc(C(=O)NO)cc2c1CN(c1nc(-c3sc4ccccc4c3C)cs1)CCC2. The van der Waals surface area contributed by atoms with Crippen molar-refractivity contribution in [1.29, 1.82) is 0 Å². The second-order valence-corrected chi connectivity index (χ2v) is 9.97. The Labute approximate surface area is 200 Å². The largest absolute Gasteiger partial charge is 0.493 e. The number of amides is 1. The van der Waals surface area contributed by atoms with E-state index in [-0.39, 0.29) is 0 Å². The number of thiazole rings is 1. The van der Waals surface area contributed by atoms with Crippen LogP contribution in [0.25, 0.3) is 20.7 Å². The summed E-state index contributed by atoms with van der Waals surface area (Å²) in [6.07, 6.45) is 1.78. The zero-order chi connectivity index (χ0) is 22.9. The maximum atomic E-state index is 12.0. The van der Waals surface area contributed by atoms with Crippen LogP contribution in [0.3, 0.4) is 0 Å². The van der Waals surface area contributed by atoms with E-state index in [4.69, 9.17) is 14.9 Å². The van der Waals surface area contributed by atoms with E-state index in [2.05, 4.69) is 41.5 Å². The average Bonchev–Trinajstić information content (AvgIpc) is 3.37. The normalized spacial score (nSPS) is 13.6. The molecule has 2 aromatic heterocycles. The maximum Gasteiger partial charge on any atom is 0.274 e. The number of fused-ring (bicyclic) bond motifs is 2. The summed E-state index contributed by atoms with van der Waals surface area (Å²) < 4.78 is 7.18. The molecule has 4 aromatic rings. The molecule has 0 aliphatic carbocycles. The fourth-order valence-electron chi connectivity index (χ4n) is 4.41. The summed E-state index contributed by atoms with van der Waals surface area (Å²) in [7, 11) is 0. The van der Waals surface area contributed by atoms with E-state index in [0.29, 0.717) is 24.5 Å². The summed E-state index contributed by atoms with van der Waals surface area (Å²) in [4.78, 5) is 20.6. The van der Waals surface area contributed by atoms with Gasteiger partial charge in [-0.1, -0.05) is 18.2 Å². The lowest BCUT2D eigenvalue weighted by Gasteiger charge is -2.21. The van der Waals surface area contributed by atoms with Crippen LogP contribution in [0.5, 0.6) is 5.75 Å². The van der Waals surface area contributed by atoms with E-state index in [1.165, 1.54) is 20.5 Å². The number of aryl methyl sites for hydroxylation is 2. The predicted molar refractivity (Wildman–Crippen MR) is 134 cm³/mol. The molecule has 5 rings (SSSR count). The van der Waals surface area contributed by atoms with Crippen molar-refractivity contribution in [2.45, 2.75) is 33.2 Å². The fourth-order valence-corrected chi connectivity index (χ4v) is 6.50. The summed E-state index contributed by atoms with van der Waals surface area (Å²) in [5.41, 5.74) is 6.61. The predicted octanol–water partition coefficient (Wildman–Crippen LogP) is 5.80. The molecule has 1 aliphatic rings. The minimum absolute atomic E-state index is 0.407. The summed E-state index contributed by atoms with van der Waals surface area (Å²) in [5, 5.41) is 13.5. The highest BCUT2D eigenvalue weighted by Crippen LogP contribution is 2.40. The van der Waals surface area contributed by atoms with Gasteiger partial charge in [-0.2, -0.15) is 0 Å². The molecule has 0 spiro atoms. The van der Waals surface area contributed by atoms with Gasteiger partial charge in [-0.3, -0.25) is 10.0 Å². The molecule has 0 saturated heterocycles. The Kier molecular flexibility index (Phi) is 6.05. The highest BCUT2D eigenvalue weighted by Gasteiger charge is 2.23. The second kappa shape index (κ2) is 9.13. The molecule has 2 aromatic carbocycles. The molecule has 0 unspecified atom stereocenters. The van der Waals surface area contributed by atoms with Crippen LogP contribution >= 0.6 is 22.7 Å². The third-order valence-corrected chi connectivity index (χ3v) is 8.22. The van der Waals surface area contributed by atoms with Gasteiger partial charge in [0.05, 0.1) is 17.2 Å². The molecule has 0 bridgehead atoms. The van der Waals surface area contributed by atoms with E-state index in [9.17, 15) is 4.79 Å². The first kappa shape index (κ1) is 21.9. The molecule has 0 fully saturated rings. The smallest absolute Gasteiger partial charge is 0.274 e. The third-order valence-electron chi connectivity index (χ3n) is 6.03. The first-order chi connectivity index (χ1) is 16.1. The average molecular weight is 480 g/mol. The Morgan fingerprint density at radius 3 is 2.94 bits per heavy atom. The van der Waals surface area contributed by atoms with Crippen LogP contribution in [-0.4, -0.2) is 29.3 Å². The molecule has 0 atom stereocenters. The van der Waals surface area contributed by atoms with Crippen molar-refractivity contribution >= 4 is 43.8 Å². The number of carbonyl (C=O) groups excluding carboxylic acids is 1. The van der Waals surface area contributed by atoms with Gasteiger partial charge in [-0.25, -0.2) is 10.5 Å². The fraction of sp³-hybridized carbons (Fsp3) is 0.280. The van der Waals surface area contributed by atoms with Gasteiger partial charge in [0.1, 0.15) is 5.75 Å². The van der Waals surface area contributed by atoms with Crippen molar-refractivity contribution in [1.82, 2.24) is 10.5 Å². The van der Waals surface area contributed by atoms with Crippen LogP contribution in [-0.2, 0) is 13.0 Å². The van der Waals surface area contributed by atoms with Gasteiger partial charge in [0.25, 0.3) is 5.91 Å². The van der Waals surface area contributed by atoms with Crippen LogP contribution in [0.4, 0.5) is 5.13 Å². The minimum Gasteiger partial charge on any atom is -0.493 e. The molecular formula is C25H25N3O3S2. The Balaban J connectivity index is 1.48. The van der Waals surface area contributed by atoms with Crippen molar-refractivity contribution in [3.8, 4) is 16.3 Å². The quantitative estimate of drug-likeness (QED) is 0.279. The maximum absolute atomic E-state index is 12.0. The summed E-state index contributed by atoms with van der Waals surface area (Å²) in [6, 6.07) is 12.1. The minimum atomic E-state index is -0.525. The number of rotatable bonds is 5. The first-order valence-electron chi connectivity index (χ1n) is 11.0. The number of anilines is 1. The number of benzene rings is 2. The molecule has 0 radical (unpaired) electrons. The zero-order valence-corrected chi connectivity index (χ0v) is 20.2. The number of carbonyl (C=O) groups is 1. The van der Waals surface area contributed by atoms with Crippen LogP contribution in [0.2, 0.25) is 0 Å². The van der Waals surface area contributed by atoms with Crippen LogP contribution < -0.4 is 15.1 Å². The van der Waals surface area contributed by atoms with Crippen molar-refractivity contribution in [2.75, 3.05) is 18.1 Å². The number of hydrogen-bond acceptors (Lipinski definition) is 7. The second-order valence-electron chi connectivity index (χ2n) is 8.08. The molecule has 1 amide bonds. The number of nitrogens with zero attached hydrogens (tertiary/aromatic N) is 2. The van der Waals surface area contributed by atoms with Gasteiger partial charge in [-0.05, 0) is 61.4 Å². The van der Waals surface area contributed by atoms with Gasteiger partial charge in [-0.15, -0.1) is 22.7 Å². The number of ether oxygens (including phenoxy) is 1. The molecular weight excluding hydrogens is 454 g/mol. The van der Waals surface area contributed by atoms with Crippen LogP contribution in [0, 0.1) is 6.92 Å². The standard InChI is InChI=1S/C25H25N3O3S2/c1-3-31-21-12-17(24(29)27-30)11-16-7-6-10-28(13-19(16)21)25-26-20(14-32-25)23-15(2)18-8-4-5-9-22(18)33-23/h4-5,8-9,11-12,14,30H,3,6-7,10,13H2,1-2H3,(H,27,29). The topological polar surface area (TPSA) is 74.7 Å². The van der Waals surface area contributed by atoms with Crippen molar-refractivity contribution < 1.29 is 14.7 Å². The Morgan fingerprint density at radius 1 is 1.30 bits per heavy atom. The van der Waals surface area contributed by atoms with Crippen LogP contribution in [0.15, 0.2) is 41.8 Å². The van der Waals surface area contributed by atoms with Gasteiger partial charge in [0, 0.05) is 34.3 Å². The van der Waals surface area contributed by atoms with E-state index in [0.717, 1.165) is 41.3 Å². The van der Waals surface area contributed by atoms with E-state index >= 15 is 0 Å². The Hall–Kier alpha value is -2.94. The number of aromatic nitrogens is 1. The Morgan fingerprint density at radius 2 is 2.15 bits per heavy atom. The zero-order valence-electron chi connectivity index (χ0n) is 18.6. The molecule has 3 heterocycles. The van der Waals surface area contributed by atoms with Crippen molar-refractivity contribution in [3.63, 3.8) is 0 Å². The van der Waals surface area contributed by atoms with Gasteiger partial charge >= 0.3 is 0 Å². The molecule has 33 heavy (non-hydrogen) atoms. The highest BCUT2D eigenvalue weighted by molar-refractivity contribution is 7.23. The monoisotopic (exact) mass is 479 g/mol. The van der Waals surface area contributed by atoms with Gasteiger partial charge < -0.3 is 9.64 Å². The summed E-state index contributed by atoms with van der Waals surface area (Å²) >= 11 is 3.46. The number of thiophene rings is 1. The lowest BCUT2D eigenvalue weighted by Crippen LogP contribution is -2.23. The van der Waals surface area contributed by atoms with Gasteiger partial charge in [0.15, 0.2) is 5.13 Å². The molecule has 1 aliphatic heterocycles. The third kappa shape index (κ3) is 4.10. The molecule has 0 saturated carbocycles. The molecule has 170 valence electrons. The molecule has 6 nitrogen and oxygen atoms in total. The van der Waals surface area contributed by atoms with E-state index < -0.39 is 5.91 Å². The summed E-state index contributed by atoms with van der Waals surface area (Å²) in [6.45, 7) is 6.15. The molecule has 2 N–H and O–H groups in total. The van der Waals surface area contributed by atoms with Crippen LogP contribution in [0.1, 0.15) is 40.4 Å². The first-order valence-corrected chi connectivity index (χ1v) is 12.7. The highest BCUT2D eigenvalue weighted by atomic mass is 32.1. The number of nitrogens with one attached hydrogen (secondary N) is 1. The van der Waals surface area contributed by atoms with Crippen molar-refractivity contribution in [3.05, 3.63) is 64.0 Å².